The van der Waals surface area contributed by atoms with Crippen LogP contribution in [0.3, 0.4) is 0 Å². The van der Waals surface area contributed by atoms with Gasteiger partial charge in [-0.2, -0.15) is 22.0 Å². The molecule has 0 saturated heterocycles. The third-order valence-corrected chi connectivity index (χ3v) is 8.61. The number of carbonyl (C=O) groups excluding carboxylic acids is 1. The van der Waals surface area contributed by atoms with Gasteiger partial charge in [-0.05, 0) is 30.7 Å². The SMILES string of the molecule is CN1C(=O)c2cccc(OC(F)F)c2C2CC1c1nc3ccc(-c4cnc(C5(N)CC(O)(C(F)(F)F)C5)nc4)cn3c12. The quantitative estimate of drug-likeness (QED) is 0.343. The van der Waals surface area contributed by atoms with Gasteiger partial charge < -0.3 is 24.9 Å². The van der Waals surface area contributed by atoms with Crippen molar-refractivity contribution in [3.05, 3.63) is 77.3 Å². The minimum Gasteiger partial charge on any atom is -0.434 e. The summed E-state index contributed by atoms with van der Waals surface area (Å²) >= 11 is 0. The molecule has 0 radical (unpaired) electrons. The Morgan fingerprint density at radius 1 is 1.12 bits per heavy atom. The minimum atomic E-state index is -4.80. The Morgan fingerprint density at radius 3 is 2.50 bits per heavy atom. The van der Waals surface area contributed by atoms with Crippen LogP contribution in [0.4, 0.5) is 22.0 Å². The highest BCUT2D eigenvalue weighted by molar-refractivity contribution is 5.98. The lowest BCUT2D eigenvalue weighted by Gasteiger charge is -2.50. The van der Waals surface area contributed by atoms with Gasteiger partial charge in [0.1, 0.15) is 17.2 Å². The summed E-state index contributed by atoms with van der Waals surface area (Å²) in [4.78, 5) is 28.1. The molecule has 1 aromatic carbocycles. The van der Waals surface area contributed by atoms with Crippen LogP contribution in [0, 0.1) is 0 Å². The largest absolute Gasteiger partial charge is 0.434 e. The van der Waals surface area contributed by atoms with Gasteiger partial charge in [0.2, 0.25) is 0 Å². The minimum absolute atomic E-state index is 0.00862. The van der Waals surface area contributed by atoms with E-state index in [9.17, 15) is 31.9 Å². The highest BCUT2D eigenvalue weighted by Crippen LogP contribution is 2.54. The predicted molar refractivity (Wildman–Crippen MR) is 137 cm³/mol. The molecule has 1 amide bonds. The van der Waals surface area contributed by atoms with Crippen LogP contribution >= 0.6 is 0 Å². The van der Waals surface area contributed by atoms with Crippen LogP contribution in [-0.2, 0) is 5.54 Å². The number of amides is 1. The molecule has 3 aromatic heterocycles. The first-order chi connectivity index (χ1) is 19.8. The highest BCUT2D eigenvalue weighted by atomic mass is 19.4. The monoisotopic (exact) mass is 586 g/mol. The topological polar surface area (TPSA) is 119 Å². The zero-order valence-corrected chi connectivity index (χ0v) is 21.9. The van der Waals surface area contributed by atoms with E-state index in [1.807, 2.05) is 4.40 Å². The lowest BCUT2D eigenvalue weighted by atomic mass is 9.64. The molecular weight excluding hydrogens is 563 g/mol. The van der Waals surface area contributed by atoms with E-state index in [4.69, 9.17) is 15.5 Å². The van der Waals surface area contributed by atoms with Gasteiger partial charge in [0.15, 0.2) is 5.60 Å². The fourth-order valence-corrected chi connectivity index (χ4v) is 6.59. The third kappa shape index (κ3) is 3.74. The number of carbonyl (C=O) groups is 1. The number of fused-ring (bicyclic) bond motifs is 9. The molecule has 1 fully saturated rings. The molecule has 14 heteroatoms. The van der Waals surface area contributed by atoms with Crippen molar-refractivity contribution in [2.24, 2.45) is 5.73 Å². The molecule has 2 atom stereocenters. The molecule has 1 saturated carbocycles. The molecule has 4 heterocycles. The number of hydrogen-bond acceptors (Lipinski definition) is 7. The number of halogens is 5. The van der Waals surface area contributed by atoms with E-state index >= 15 is 0 Å². The Hall–Kier alpha value is -4.17. The number of aromatic nitrogens is 4. The molecule has 42 heavy (non-hydrogen) atoms. The second kappa shape index (κ2) is 8.67. The lowest BCUT2D eigenvalue weighted by molar-refractivity contribution is -0.304. The van der Waals surface area contributed by atoms with E-state index < -0.39 is 42.7 Å². The van der Waals surface area contributed by atoms with E-state index in [0.717, 1.165) is 5.69 Å². The molecular formula is C28H23F5N6O3. The number of alkyl halides is 5. The van der Waals surface area contributed by atoms with Gasteiger partial charge in [0.05, 0.1) is 23.0 Å². The van der Waals surface area contributed by atoms with Gasteiger partial charge in [-0.3, -0.25) is 4.79 Å². The molecule has 4 aromatic rings. The number of benzene rings is 1. The van der Waals surface area contributed by atoms with E-state index in [2.05, 4.69) is 9.97 Å². The van der Waals surface area contributed by atoms with Gasteiger partial charge in [0, 0.05) is 66.7 Å². The highest BCUT2D eigenvalue weighted by Gasteiger charge is 2.67. The number of pyridine rings is 1. The van der Waals surface area contributed by atoms with E-state index in [0.29, 0.717) is 34.5 Å². The lowest BCUT2D eigenvalue weighted by Crippen LogP contribution is -2.66. The zero-order chi connectivity index (χ0) is 29.8. The molecule has 2 bridgehead atoms. The summed E-state index contributed by atoms with van der Waals surface area (Å²) in [6, 6.07) is 7.69. The molecule has 3 N–H and O–H groups in total. The number of aliphatic hydroxyl groups is 1. The first-order valence-electron chi connectivity index (χ1n) is 13.1. The molecule has 9 nitrogen and oxygen atoms in total. The van der Waals surface area contributed by atoms with Crippen molar-refractivity contribution in [1.29, 1.82) is 0 Å². The Balaban J connectivity index is 1.28. The maximum Gasteiger partial charge on any atom is 0.417 e. The molecule has 2 unspecified atom stereocenters. The van der Waals surface area contributed by atoms with Gasteiger partial charge in [-0.15, -0.1) is 0 Å². The van der Waals surface area contributed by atoms with Crippen LogP contribution in [0.15, 0.2) is 48.9 Å². The summed E-state index contributed by atoms with van der Waals surface area (Å²) in [5.41, 5.74) is 5.54. The van der Waals surface area contributed by atoms with Crippen molar-refractivity contribution < 1.29 is 36.6 Å². The molecule has 7 rings (SSSR count). The van der Waals surface area contributed by atoms with Gasteiger partial charge in [0.25, 0.3) is 5.91 Å². The molecule has 218 valence electrons. The molecule has 1 aliphatic heterocycles. The number of rotatable bonds is 4. The standard InChI is InChI=1S/C28H23F5N6O3/c1-38-17-7-16(20-15(23(38)40)3-2-4-18(20)42-25(29)30)22-21(17)37-19-6-5-13(10-39(19)22)14-8-35-24(36-9-14)26(34)11-27(41,12-26)28(31,32)33/h2-6,8-10,16-17,25,41H,7,11-12,34H2,1H3. The van der Waals surface area contributed by atoms with Crippen molar-refractivity contribution in [3.8, 4) is 16.9 Å². The number of nitrogens with two attached hydrogens (primary N) is 1. The number of imidazole rings is 1. The fraction of sp³-hybridized carbons (Fsp3) is 0.357. The number of hydrogen-bond donors (Lipinski definition) is 2. The summed E-state index contributed by atoms with van der Waals surface area (Å²) in [6.07, 6.45) is -1.17. The van der Waals surface area contributed by atoms with Crippen molar-refractivity contribution in [3.63, 3.8) is 0 Å². The summed E-state index contributed by atoms with van der Waals surface area (Å²) < 4.78 is 72.7. The summed E-state index contributed by atoms with van der Waals surface area (Å²) in [5, 5.41) is 9.83. The zero-order valence-electron chi connectivity index (χ0n) is 21.9. The van der Waals surface area contributed by atoms with E-state index in [1.165, 1.54) is 24.5 Å². The average Bonchev–Trinajstić information content (AvgIpc) is 3.44. The van der Waals surface area contributed by atoms with Crippen molar-refractivity contribution in [1.82, 2.24) is 24.3 Å². The summed E-state index contributed by atoms with van der Waals surface area (Å²) in [6.45, 7) is -3.07. The Bertz CT molecular complexity index is 1750. The first kappa shape index (κ1) is 26.7. The van der Waals surface area contributed by atoms with Gasteiger partial charge in [-0.25, -0.2) is 15.0 Å². The smallest absolute Gasteiger partial charge is 0.417 e. The van der Waals surface area contributed by atoms with E-state index in [1.54, 1.807) is 36.3 Å². The number of nitrogens with zero attached hydrogens (tertiary/aromatic N) is 5. The van der Waals surface area contributed by atoms with Gasteiger partial charge in [-0.1, -0.05) is 6.07 Å². The van der Waals surface area contributed by atoms with Crippen LogP contribution in [0.5, 0.6) is 5.75 Å². The Kier molecular flexibility index (Phi) is 5.52. The van der Waals surface area contributed by atoms with Crippen LogP contribution < -0.4 is 10.5 Å². The molecule has 3 aliphatic rings. The van der Waals surface area contributed by atoms with Crippen LogP contribution in [-0.4, -0.2) is 60.7 Å². The fourth-order valence-electron chi connectivity index (χ4n) is 6.59. The molecule has 0 spiro atoms. The van der Waals surface area contributed by atoms with Crippen molar-refractivity contribution in [2.45, 2.75) is 55.1 Å². The van der Waals surface area contributed by atoms with Crippen molar-refractivity contribution >= 4 is 11.6 Å². The maximum absolute atomic E-state index is 13.3. The number of ether oxygens (including phenoxy) is 1. The van der Waals surface area contributed by atoms with E-state index in [-0.39, 0.29) is 29.1 Å². The average molecular weight is 587 g/mol. The second-order valence-corrected chi connectivity index (χ2v) is 11.2. The predicted octanol–water partition coefficient (Wildman–Crippen LogP) is 4.30. The normalized spacial score (nSPS) is 26.7. The summed E-state index contributed by atoms with van der Waals surface area (Å²) in [5.74, 6) is -0.848. The van der Waals surface area contributed by atoms with Crippen LogP contribution in [0.25, 0.3) is 16.8 Å². The van der Waals surface area contributed by atoms with Gasteiger partial charge >= 0.3 is 12.8 Å². The summed E-state index contributed by atoms with van der Waals surface area (Å²) in [7, 11) is 1.66. The molecule has 2 aliphatic carbocycles. The van der Waals surface area contributed by atoms with Crippen molar-refractivity contribution in [2.75, 3.05) is 7.05 Å². The second-order valence-electron chi connectivity index (χ2n) is 11.2. The third-order valence-electron chi connectivity index (χ3n) is 8.61. The maximum atomic E-state index is 13.3. The Morgan fingerprint density at radius 2 is 1.83 bits per heavy atom. The van der Waals surface area contributed by atoms with Crippen LogP contribution in [0.1, 0.15) is 64.4 Å². The Labute approximate surface area is 234 Å². The van der Waals surface area contributed by atoms with Crippen LogP contribution in [0.2, 0.25) is 0 Å². The first-order valence-corrected chi connectivity index (χ1v) is 13.1.